The van der Waals surface area contributed by atoms with Gasteiger partial charge in [-0.2, -0.15) is 0 Å². The zero-order chi connectivity index (χ0) is 17.0. The SMILES string of the molecule is Cc1cc(F)ccc1CNCC(C)(C)NC(=O)OC(C)(C)C. The van der Waals surface area contributed by atoms with Crippen molar-refractivity contribution in [3.63, 3.8) is 0 Å². The van der Waals surface area contributed by atoms with Crippen LogP contribution in [0, 0.1) is 12.7 Å². The van der Waals surface area contributed by atoms with Crippen molar-refractivity contribution in [2.24, 2.45) is 0 Å². The molecule has 0 aliphatic carbocycles. The van der Waals surface area contributed by atoms with Gasteiger partial charge in [0.2, 0.25) is 0 Å². The lowest BCUT2D eigenvalue weighted by Gasteiger charge is -2.29. The molecule has 1 aromatic rings. The highest BCUT2D eigenvalue weighted by Gasteiger charge is 2.24. The van der Waals surface area contributed by atoms with E-state index in [9.17, 15) is 9.18 Å². The first kappa shape index (κ1) is 18.4. The number of aryl methyl sites for hydroxylation is 1. The average Bonchev–Trinajstić information content (AvgIpc) is 2.28. The minimum absolute atomic E-state index is 0.229. The van der Waals surface area contributed by atoms with E-state index in [0.29, 0.717) is 13.1 Å². The first-order chi connectivity index (χ1) is 9.98. The summed E-state index contributed by atoms with van der Waals surface area (Å²) in [6.45, 7) is 12.4. The third kappa shape index (κ3) is 6.89. The topological polar surface area (TPSA) is 50.4 Å². The Kier molecular flexibility index (Phi) is 5.94. The lowest BCUT2D eigenvalue weighted by molar-refractivity contribution is 0.0472. The molecule has 2 N–H and O–H groups in total. The molecule has 124 valence electrons. The second-order valence-corrected chi connectivity index (χ2v) is 7.19. The van der Waals surface area contributed by atoms with Gasteiger partial charge in [0.05, 0.1) is 5.54 Å². The summed E-state index contributed by atoms with van der Waals surface area (Å²) in [5.41, 5.74) is 0.981. The number of benzene rings is 1. The Hall–Kier alpha value is -1.62. The lowest BCUT2D eigenvalue weighted by Crippen LogP contribution is -2.51. The first-order valence-electron chi connectivity index (χ1n) is 7.45. The molecule has 1 amide bonds. The molecule has 0 radical (unpaired) electrons. The van der Waals surface area contributed by atoms with Crippen molar-refractivity contribution in [1.29, 1.82) is 0 Å². The van der Waals surface area contributed by atoms with Crippen LogP contribution < -0.4 is 10.6 Å². The number of ether oxygens (including phenoxy) is 1. The molecule has 1 rings (SSSR count). The molecule has 5 heteroatoms. The van der Waals surface area contributed by atoms with Crippen molar-refractivity contribution < 1.29 is 13.9 Å². The van der Waals surface area contributed by atoms with Crippen LogP contribution in [0.5, 0.6) is 0 Å². The van der Waals surface area contributed by atoms with Gasteiger partial charge in [0.1, 0.15) is 11.4 Å². The normalized spacial score (nSPS) is 12.1. The molecular formula is C17H27FN2O2. The molecule has 0 heterocycles. The fourth-order valence-electron chi connectivity index (χ4n) is 1.99. The molecular weight excluding hydrogens is 283 g/mol. The Bertz CT molecular complexity index is 522. The van der Waals surface area contributed by atoms with E-state index < -0.39 is 17.2 Å². The van der Waals surface area contributed by atoms with Gasteiger partial charge in [0.15, 0.2) is 0 Å². The lowest BCUT2D eigenvalue weighted by atomic mass is 10.1. The number of rotatable bonds is 5. The van der Waals surface area contributed by atoms with Gasteiger partial charge in [-0.3, -0.25) is 0 Å². The Labute approximate surface area is 132 Å². The maximum atomic E-state index is 13.1. The van der Waals surface area contributed by atoms with Crippen LogP contribution >= 0.6 is 0 Å². The molecule has 0 spiro atoms. The zero-order valence-electron chi connectivity index (χ0n) is 14.3. The molecule has 0 saturated carbocycles. The summed E-state index contributed by atoms with van der Waals surface area (Å²) in [5.74, 6) is -0.229. The van der Waals surface area contributed by atoms with Crippen molar-refractivity contribution in [3.8, 4) is 0 Å². The smallest absolute Gasteiger partial charge is 0.408 e. The second kappa shape index (κ2) is 7.09. The largest absolute Gasteiger partial charge is 0.444 e. The molecule has 4 nitrogen and oxygen atoms in total. The Morgan fingerprint density at radius 2 is 1.86 bits per heavy atom. The zero-order valence-corrected chi connectivity index (χ0v) is 14.3. The van der Waals surface area contributed by atoms with E-state index in [-0.39, 0.29) is 5.82 Å². The minimum atomic E-state index is -0.515. The predicted octanol–water partition coefficient (Wildman–Crippen LogP) is 3.53. The highest BCUT2D eigenvalue weighted by molar-refractivity contribution is 5.68. The summed E-state index contributed by atoms with van der Waals surface area (Å²) in [5, 5.41) is 6.12. The van der Waals surface area contributed by atoms with E-state index in [0.717, 1.165) is 11.1 Å². The maximum Gasteiger partial charge on any atom is 0.408 e. The number of halogens is 1. The highest BCUT2D eigenvalue weighted by atomic mass is 19.1. The van der Waals surface area contributed by atoms with Crippen LogP contribution in [0.2, 0.25) is 0 Å². The average molecular weight is 310 g/mol. The van der Waals surface area contributed by atoms with E-state index in [1.807, 2.05) is 41.5 Å². The van der Waals surface area contributed by atoms with Crippen LogP contribution in [-0.4, -0.2) is 23.8 Å². The Morgan fingerprint density at radius 3 is 2.41 bits per heavy atom. The number of amides is 1. The third-order valence-electron chi connectivity index (χ3n) is 3.03. The standard InChI is InChI=1S/C17H27FN2O2/c1-12-9-14(18)8-7-13(12)10-19-11-17(5,6)20-15(21)22-16(2,3)4/h7-9,19H,10-11H2,1-6H3,(H,20,21). The van der Waals surface area contributed by atoms with Crippen molar-refractivity contribution >= 4 is 6.09 Å². The number of hydrogen-bond donors (Lipinski definition) is 2. The molecule has 0 fully saturated rings. The molecule has 22 heavy (non-hydrogen) atoms. The van der Waals surface area contributed by atoms with Crippen LogP contribution in [0.3, 0.4) is 0 Å². The van der Waals surface area contributed by atoms with Crippen molar-refractivity contribution in [3.05, 3.63) is 35.1 Å². The molecule has 0 aliphatic rings. The molecule has 0 atom stereocenters. The summed E-state index contributed by atoms with van der Waals surface area (Å²) in [6, 6.07) is 4.74. The van der Waals surface area contributed by atoms with Crippen LogP contribution in [0.4, 0.5) is 9.18 Å². The number of hydrogen-bond acceptors (Lipinski definition) is 3. The molecule has 0 saturated heterocycles. The fourth-order valence-corrected chi connectivity index (χ4v) is 1.99. The van der Waals surface area contributed by atoms with Crippen molar-refractivity contribution in [2.45, 2.75) is 59.2 Å². The van der Waals surface area contributed by atoms with Gasteiger partial charge in [-0.15, -0.1) is 0 Å². The monoisotopic (exact) mass is 310 g/mol. The van der Waals surface area contributed by atoms with E-state index >= 15 is 0 Å². The molecule has 0 unspecified atom stereocenters. The van der Waals surface area contributed by atoms with Crippen LogP contribution in [0.1, 0.15) is 45.7 Å². The van der Waals surface area contributed by atoms with E-state index in [4.69, 9.17) is 4.74 Å². The van der Waals surface area contributed by atoms with Gasteiger partial charge >= 0.3 is 6.09 Å². The number of alkyl carbamates (subject to hydrolysis) is 1. The van der Waals surface area contributed by atoms with Gasteiger partial charge < -0.3 is 15.4 Å². The third-order valence-corrected chi connectivity index (χ3v) is 3.03. The van der Waals surface area contributed by atoms with Crippen LogP contribution in [0.25, 0.3) is 0 Å². The summed E-state index contributed by atoms with van der Waals surface area (Å²) >= 11 is 0. The summed E-state index contributed by atoms with van der Waals surface area (Å²) in [7, 11) is 0. The van der Waals surface area contributed by atoms with Crippen LogP contribution in [0.15, 0.2) is 18.2 Å². The highest BCUT2D eigenvalue weighted by Crippen LogP contribution is 2.11. The van der Waals surface area contributed by atoms with Gasteiger partial charge in [0.25, 0.3) is 0 Å². The molecule has 1 aromatic carbocycles. The first-order valence-corrected chi connectivity index (χ1v) is 7.45. The van der Waals surface area contributed by atoms with E-state index in [2.05, 4.69) is 10.6 Å². The number of carbonyl (C=O) groups is 1. The summed E-state index contributed by atoms with van der Waals surface area (Å²) in [6.07, 6.45) is -0.433. The minimum Gasteiger partial charge on any atom is -0.444 e. The Balaban J connectivity index is 2.47. The quantitative estimate of drug-likeness (QED) is 0.875. The van der Waals surface area contributed by atoms with E-state index in [1.165, 1.54) is 12.1 Å². The van der Waals surface area contributed by atoms with Crippen LogP contribution in [-0.2, 0) is 11.3 Å². The fraction of sp³-hybridized carbons (Fsp3) is 0.588. The molecule has 0 aliphatic heterocycles. The van der Waals surface area contributed by atoms with Gasteiger partial charge in [-0.1, -0.05) is 6.07 Å². The second-order valence-electron chi connectivity index (χ2n) is 7.19. The maximum absolute atomic E-state index is 13.1. The number of carbonyl (C=O) groups excluding carboxylic acids is 1. The molecule has 0 aromatic heterocycles. The van der Waals surface area contributed by atoms with Gasteiger partial charge in [-0.25, -0.2) is 9.18 Å². The number of nitrogens with one attached hydrogen (secondary N) is 2. The molecule has 0 bridgehead atoms. The van der Waals surface area contributed by atoms with Gasteiger partial charge in [-0.05, 0) is 64.8 Å². The van der Waals surface area contributed by atoms with E-state index in [1.54, 1.807) is 6.07 Å². The van der Waals surface area contributed by atoms with Gasteiger partial charge in [0, 0.05) is 13.1 Å². The van der Waals surface area contributed by atoms with Crippen molar-refractivity contribution in [2.75, 3.05) is 6.54 Å². The Morgan fingerprint density at radius 1 is 1.23 bits per heavy atom. The predicted molar refractivity (Wildman–Crippen MR) is 86.3 cm³/mol. The summed E-state index contributed by atoms with van der Waals surface area (Å²) in [4.78, 5) is 11.8. The van der Waals surface area contributed by atoms with Crippen molar-refractivity contribution in [1.82, 2.24) is 10.6 Å². The summed E-state index contributed by atoms with van der Waals surface area (Å²) < 4.78 is 18.3.